The minimum Gasteiger partial charge on any atom is -0.497 e. The van der Waals surface area contributed by atoms with Crippen LogP contribution >= 0.6 is 28.1 Å². The van der Waals surface area contributed by atoms with Crippen LogP contribution in [0.5, 0.6) is 5.75 Å². The van der Waals surface area contributed by atoms with Crippen LogP contribution in [0.1, 0.15) is 0 Å². The second-order valence-electron chi connectivity index (χ2n) is 3.81. The number of hydrogen-bond acceptors (Lipinski definition) is 2. The number of halogens is 1. The van der Waals surface area contributed by atoms with E-state index in [1.165, 1.54) is 0 Å². The van der Waals surface area contributed by atoms with Gasteiger partial charge in [0.15, 0.2) is 5.11 Å². The molecule has 98 valence electrons. The fraction of sp³-hybridized carbons (Fsp3) is 0.0714. The van der Waals surface area contributed by atoms with Crippen LogP contribution in [-0.4, -0.2) is 12.2 Å². The number of ether oxygens (including phenoxy) is 1. The van der Waals surface area contributed by atoms with Gasteiger partial charge in [0.05, 0.1) is 7.11 Å². The first-order valence-electron chi connectivity index (χ1n) is 5.65. The molecule has 0 radical (unpaired) electrons. The van der Waals surface area contributed by atoms with E-state index in [0.29, 0.717) is 5.11 Å². The third-order valence-electron chi connectivity index (χ3n) is 2.45. The van der Waals surface area contributed by atoms with Crippen LogP contribution in [0.15, 0.2) is 53.0 Å². The van der Waals surface area contributed by atoms with Gasteiger partial charge in [0.25, 0.3) is 0 Å². The summed E-state index contributed by atoms with van der Waals surface area (Å²) in [5.41, 5.74) is 1.85. The Morgan fingerprint density at radius 3 is 1.89 bits per heavy atom. The zero-order valence-electron chi connectivity index (χ0n) is 10.3. The molecule has 0 aliphatic heterocycles. The van der Waals surface area contributed by atoms with E-state index >= 15 is 0 Å². The van der Waals surface area contributed by atoms with Crippen molar-refractivity contribution in [3.8, 4) is 5.75 Å². The Balaban J connectivity index is 1.95. The molecule has 0 atom stereocenters. The predicted molar refractivity (Wildman–Crippen MR) is 87.0 cm³/mol. The topological polar surface area (TPSA) is 33.3 Å². The molecule has 5 heteroatoms. The molecule has 0 aliphatic rings. The molecule has 0 heterocycles. The first kappa shape index (κ1) is 13.8. The van der Waals surface area contributed by atoms with E-state index in [1.54, 1.807) is 7.11 Å². The monoisotopic (exact) mass is 336 g/mol. The summed E-state index contributed by atoms with van der Waals surface area (Å²) in [6.45, 7) is 0. The molecule has 0 spiro atoms. The van der Waals surface area contributed by atoms with Crippen LogP contribution in [0.3, 0.4) is 0 Å². The average molecular weight is 337 g/mol. The number of benzene rings is 2. The fourth-order valence-electron chi connectivity index (χ4n) is 1.50. The summed E-state index contributed by atoms with van der Waals surface area (Å²) >= 11 is 8.64. The van der Waals surface area contributed by atoms with Crippen molar-refractivity contribution in [2.24, 2.45) is 0 Å². The Morgan fingerprint density at radius 2 is 1.42 bits per heavy atom. The molecular formula is C14H13BrN2OS. The number of thiocarbonyl (C=S) groups is 1. The largest absolute Gasteiger partial charge is 0.497 e. The maximum Gasteiger partial charge on any atom is 0.175 e. The van der Waals surface area contributed by atoms with Gasteiger partial charge in [0.2, 0.25) is 0 Å². The second kappa shape index (κ2) is 6.54. The Kier molecular flexibility index (Phi) is 4.76. The van der Waals surface area contributed by atoms with Gasteiger partial charge >= 0.3 is 0 Å². The fourth-order valence-corrected chi connectivity index (χ4v) is 2.00. The van der Waals surface area contributed by atoms with E-state index in [4.69, 9.17) is 17.0 Å². The molecule has 3 nitrogen and oxygen atoms in total. The minimum absolute atomic E-state index is 0.549. The number of hydrogen-bond donors (Lipinski definition) is 2. The molecule has 2 aromatic rings. The molecule has 2 N–H and O–H groups in total. The Labute approximate surface area is 126 Å². The van der Waals surface area contributed by atoms with Crippen LogP contribution < -0.4 is 15.4 Å². The molecule has 2 aromatic carbocycles. The van der Waals surface area contributed by atoms with E-state index in [1.807, 2.05) is 48.5 Å². The summed E-state index contributed by atoms with van der Waals surface area (Å²) in [5.74, 6) is 0.817. The molecular weight excluding hydrogens is 324 g/mol. The zero-order chi connectivity index (χ0) is 13.7. The van der Waals surface area contributed by atoms with Gasteiger partial charge in [0.1, 0.15) is 5.75 Å². The predicted octanol–water partition coefficient (Wildman–Crippen LogP) is 4.27. The molecule has 0 unspecified atom stereocenters. The van der Waals surface area contributed by atoms with Gasteiger partial charge in [-0.2, -0.15) is 0 Å². The highest BCUT2D eigenvalue weighted by atomic mass is 79.9. The molecule has 19 heavy (non-hydrogen) atoms. The van der Waals surface area contributed by atoms with Crippen molar-refractivity contribution < 1.29 is 4.74 Å². The Hall–Kier alpha value is -1.59. The second-order valence-corrected chi connectivity index (χ2v) is 5.14. The maximum absolute atomic E-state index is 5.25. The van der Waals surface area contributed by atoms with Gasteiger partial charge in [-0.05, 0) is 60.7 Å². The lowest BCUT2D eigenvalue weighted by molar-refractivity contribution is 0.415. The number of rotatable bonds is 3. The van der Waals surface area contributed by atoms with E-state index in [2.05, 4.69) is 26.6 Å². The third kappa shape index (κ3) is 4.22. The number of nitrogens with one attached hydrogen (secondary N) is 2. The van der Waals surface area contributed by atoms with Gasteiger partial charge < -0.3 is 15.4 Å². The van der Waals surface area contributed by atoms with Crippen molar-refractivity contribution in [1.29, 1.82) is 0 Å². The quantitative estimate of drug-likeness (QED) is 0.820. The first-order chi connectivity index (χ1) is 9.17. The summed E-state index contributed by atoms with van der Waals surface area (Å²) < 4.78 is 6.13. The first-order valence-corrected chi connectivity index (χ1v) is 6.85. The molecule has 0 saturated heterocycles. The van der Waals surface area contributed by atoms with E-state index in [9.17, 15) is 0 Å². The molecule has 0 bridgehead atoms. The summed E-state index contributed by atoms with van der Waals surface area (Å²) in [5, 5.41) is 6.77. The van der Waals surface area contributed by atoms with Crippen molar-refractivity contribution in [2.75, 3.05) is 17.7 Å². The van der Waals surface area contributed by atoms with Crippen LogP contribution in [0.4, 0.5) is 11.4 Å². The van der Waals surface area contributed by atoms with E-state index < -0.39 is 0 Å². The van der Waals surface area contributed by atoms with Crippen molar-refractivity contribution >= 4 is 44.6 Å². The molecule has 0 amide bonds. The minimum atomic E-state index is 0.549. The van der Waals surface area contributed by atoms with Gasteiger partial charge in [-0.15, -0.1) is 0 Å². The van der Waals surface area contributed by atoms with E-state index in [-0.39, 0.29) is 0 Å². The molecule has 0 saturated carbocycles. The highest BCUT2D eigenvalue weighted by molar-refractivity contribution is 9.10. The third-order valence-corrected chi connectivity index (χ3v) is 3.18. The van der Waals surface area contributed by atoms with Crippen LogP contribution in [0, 0.1) is 0 Å². The molecule has 0 aliphatic carbocycles. The number of methoxy groups -OCH3 is 1. The van der Waals surface area contributed by atoms with Gasteiger partial charge in [-0.1, -0.05) is 15.9 Å². The van der Waals surface area contributed by atoms with Gasteiger partial charge in [-0.25, -0.2) is 0 Å². The lowest BCUT2D eigenvalue weighted by Gasteiger charge is -2.11. The van der Waals surface area contributed by atoms with Crippen LogP contribution in [-0.2, 0) is 0 Å². The standard InChI is InChI=1S/C14H13BrN2OS/c1-18-13-8-6-12(7-9-13)17-14(19)16-11-4-2-10(15)3-5-11/h2-9H,1H3,(H2,16,17,19). The maximum atomic E-state index is 5.25. The SMILES string of the molecule is COc1ccc(NC(=S)Nc2ccc(Br)cc2)cc1. The average Bonchev–Trinajstić information content (AvgIpc) is 2.42. The normalized spacial score (nSPS) is 9.79. The molecule has 0 fully saturated rings. The van der Waals surface area contributed by atoms with Crippen molar-refractivity contribution in [3.63, 3.8) is 0 Å². The van der Waals surface area contributed by atoms with Crippen LogP contribution in [0.25, 0.3) is 0 Å². The van der Waals surface area contributed by atoms with Crippen molar-refractivity contribution in [3.05, 3.63) is 53.0 Å². The highest BCUT2D eigenvalue weighted by Crippen LogP contribution is 2.17. The van der Waals surface area contributed by atoms with Gasteiger partial charge in [0, 0.05) is 15.8 Å². The van der Waals surface area contributed by atoms with Crippen molar-refractivity contribution in [2.45, 2.75) is 0 Å². The molecule has 0 aromatic heterocycles. The summed E-state index contributed by atoms with van der Waals surface area (Å²) in [4.78, 5) is 0. The lowest BCUT2D eigenvalue weighted by Crippen LogP contribution is -2.18. The summed E-state index contributed by atoms with van der Waals surface area (Å²) in [7, 11) is 1.64. The van der Waals surface area contributed by atoms with Crippen molar-refractivity contribution in [1.82, 2.24) is 0 Å². The van der Waals surface area contributed by atoms with E-state index in [0.717, 1.165) is 21.6 Å². The lowest BCUT2D eigenvalue weighted by atomic mass is 10.3. The Bertz CT molecular complexity index is 555. The zero-order valence-corrected chi connectivity index (χ0v) is 12.7. The van der Waals surface area contributed by atoms with Crippen LogP contribution in [0.2, 0.25) is 0 Å². The summed E-state index contributed by atoms with van der Waals surface area (Å²) in [6.07, 6.45) is 0. The van der Waals surface area contributed by atoms with Gasteiger partial charge in [-0.3, -0.25) is 0 Å². The smallest absolute Gasteiger partial charge is 0.175 e. The highest BCUT2D eigenvalue weighted by Gasteiger charge is 1.99. The summed E-state index contributed by atoms with van der Waals surface area (Å²) in [6, 6.07) is 15.4. The Morgan fingerprint density at radius 1 is 0.947 bits per heavy atom. The molecule has 2 rings (SSSR count). The number of anilines is 2.